The van der Waals surface area contributed by atoms with Crippen molar-refractivity contribution in [2.75, 3.05) is 5.32 Å². The largest absolute Gasteiger partial charge is 0.487 e. The van der Waals surface area contributed by atoms with E-state index in [0.29, 0.717) is 24.8 Å². The molecule has 0 aliphatic heterocycles. The minimum Gasteiger partial charge on any atom is -0.487 e. The van der Waals surface area contributed by atoms with Crippen LogP contribution < -0.4 is 10.1 Å². The Morgan fingerprint density at radius 2 is 1.93 bits per heavy atom. The zero-order chi connectivity index (χ0) is 18.3. The number of ether oxygens (including phenoxy) is 1. The van der Waals surface area contributed by atoms with Gasteiger partial charge in [-0.3, -0.25) is 9.97 Å². The zero-order valence-corrected chi connectivity index (χ0v) is 14.4. The first-order valence-corrected chi connectivity index (χ1v) is 8.39. The first-order chi connectivity index (χ1) is 13.4. The minimum atomic E-state index is 0.448. The molecule has 1 aromatic carbocycles. The predicted octanol–water partition coefficient (Wildman–Crippen LogP) is 2.64. The molecular weight excluding hydrogens is 342 g/mol. The first-order valence-electron chi connectivity index (χ1n) is 8.39. The van der Waals surface area contributed by atoms with Crippen molar-refractivity contribution in [1.82, 2.24) is 29.7 Å². The van der Waals surface area contributed by atoms with E-state index in [9.17, 15) is 0 Å². The highest BCUT2D eigenvalue weighted by Crippen LogP contribution is 2.15. The van der Waals surface area contributed by atoms with Gasteiger partial charge in [-0.2, -0.15) is 5.10 Å². The zero-order valence-electron chi connectivity index (χ0n) is 14.4. The standard InChI is InChI=1S/C19H17N7O/c1-2-8-22-16(3-1)12-27-17-6-4-15(5-7-17)9-23-18-10-20-11-19(25-18)26-14-21-13-24-26/h1-8,10-11,13-14H,9,12H2,(H,23,25). The lowest BCUT2D eigenvalue weighted by Gasteiger charge is -2.09. The first kappa shape index (κ1) is 16.6. The number of hydrogen-bond acceptors (Lipinski definition) is 7. The topological polar surface area (TPSA) is 90.6 Å². The fraction of sp³-hybridized carbons (Fsp3) is 0.105. The van der Waals surface area contributed by atoms with Crippen LogP contribution >= 0.6 is 0 Å². The summed E-state index contributed by atoms with van der Waals surface area (Å²) in [5.74, 6) is 2.08. The van der Waals surface area contributed by atoms with Crippen LogP contribution in [0.3, 0.4) is 0 Å². The predicted molar refractivity (Wildman–Crippen MR) is 99.3 cm³/mol. The van der Waals surface area contributed by atoms with Crippen LogP contribution in [0.5, 0.6) is 5.75 Å². The van der Waals surface area contributed by atoms with Gasteiger partial charge in [0.1, 0.15) is 30.8 Å². The Morgan fingerprint density at radius 3 is 2.70 bits per heavy atom. The molecule has 0 unspecified atom stereocenters. The van der Waals surface area contributed by atoms with Crippen molar-refractivity contribution in [1.29, 1.82) is 0 Å². The maximum atomic E-state index is 5.75. The highest BCUT2D eigenvalue weighted by molar-refractivity contribution is 5.37. The average molecular weight is 359 g/mol. The van der Waals surface area contributed by atoms with E-state index >= 15 is 0 Å². The molecular formula is C19H17N7O. The molecule has 0 saturated heterocycles. The van der Waals surface area contributed by atoms with E-state index in [1.165, 1.54) is 6.33 Å². The van der Waals surface area contributed by atoms with Gasteiger partial charge in [0.25, 0.3) is 0 Å². The second-order valence-electron chi connectivity index (χ2n) is 5.71. The molecule has 4 aromatic rings. The molecule has 0 bridgehead atoms. The van der Waals surface area contributed by atoms with Crippen molar-refractivity contribution in [3.63, 3.8) is 0 Å². The van der Waals surface area contributed by atoms with Crippen LogP contribution in [-0.4, -0.2) is 29.7 Å². The van der Waals surface area contributed by atoms with Gasteiger partial charge in [-0.05, 0) is 29.8 Å². The Kier molecular flexibility index (Phi) is 4.96. The molecule has 0 spiro atoms. The lowest BCUT2D eigenvalue weighted by Crippen LogP contribution is -2.05. The number of rotatable bonds is 7. The summed E-state index contributed by atoms with van der Waals surface area (Å²) in [5, 5.41) is 7.31. The molecule has 0 amide bonds. The molecule has 8 heteroatoms. The minimum absolute atomic E-state index is 0.448. The summed E-state index contributed by atoms with van der Waals surface area (Å²) >= 11 is 0. The van der Waals surface area contributed by atoms with Gasteiger partial charge in [-0.1, -0.05) is 18.2 Å². The lowest BCUT2D eigenvalue weighted by atomic mass is 10.2. The van der Waals surface area contributed by atoms with Crippen molar-refractivity contribution in [3.8, 4) is 11.6 Å². The molecule has 0 aliphatic carbocycles. The SMILES string of the molecule is c1ccc(COc2ccc(CNc3cncc(-n4cncn4)n3)cc2)nc1. The molecule has 1 N–H and O–H groups in total. The smallest absolute Gasteiger partial charge is 0.175 e. The third kappa shape index (κ3) is 4.43. The van der Waals surface area contributed by atoms with Crippen LogP contribution in [0.25, 0.3) is 5.82 Å². The third-order valence-corrected chi connectivity index (χ3v) is 3.79. The molecule has 27 heavy (non-hydrogen) atoms. The molecule has 3 heterocycles. The van der Waals surface area contributed by atoms with Gasteiger partial charge in [0, 0.05) is 12.7 Å². The number of benzene rings is 1. The fourth-order valence-electron chi connectivity index (χ4n) is 2.41. The highest BCUT2D eigenvalue weighted by Gasteiger charge is 2.02. The maximum Gasteiger partial charge on any atom is 0.175 e. The molecule has 4 rings (SSSR count). The lowest BCUT2D eigenvalue weighted by molar-refractivity contribution is 0.301. The Balaban J connectivity index is 1.33. The number of hydrogen-bond donors (Lipinski definition) is 1. The summed E-state index contributed by atoms with van der Waals surface area (Å²) in [7, 11) is 0. The van der Waals surface area contributed by atoms with Crippen LogP contribution in [-0.2, 0) is 13.2 Å². The van der Waals surface area contributed by atoms with Crippen molar-refractivity contribution in [2.45, 2.75) is 13.2 Å². The van der Waals surface area contributed by atoms with E-state index in [1.807, 2.05) is 42.5 Å². The average Bonchev–Trinajstić information content (AvgIpc) is 3.28. The van der Waals surface area contributed by atoms with Gasteiger partial charge in [-0.25, -0.2) is 14.6 Å². The number of nitrogens with one attached hydrogen (secondary N) is 1. The Hall–Kier alpha value is -3.81. The summed E-state index contributed by atoms with van der Waals surface area (Å²) < 4.78 is 7.31. The van der Waals surface area contributed by atoms with E-state index in [-0.39, 0.29) is 0 Å². The molecule has 0 fully saturated rings. The van der Waals surface area contributed by atoms with Gasteiger partial charge in [0.05, 0.1) is 18.1 Å². The summed E-state index contributed by atoms with van der Waals surface area (Å²) in [4.78, 5) is 16.8. The molecule has 0 saturated carbocycles. The number of aromatic nitrogens is 6. The second-order valence-corrected chi connectivity index (χ2v) is 5.71. The quantitative estimate of drug-likeness (QED) is 0.542. The van der Waals surface area contributed by atoms with E-state index in [0.717, 1.165) is 17.0 Å². The van der Waals surface area contributed by atoms with Crippen molar-refractivity contribution in [2.24, 2.45) is 0 Å². The van der Waals surface area contributed by atoms with Crippen LogP contribution in [0, 0.1) is 0 Å². The second kappa shape index (κ2) is 8.05. The molecule has 134 valence electrons. The fourth-order valence-corrected chi connectivity index (χ4v) is 2.41. The van der Waals surface area contributed by atoms with Crippen LogP contribution in [0.15, 0.2) is 73.7 Å². The van der Waals surface area contributed by atoms with Crippen LogP contribution in [0.2, 0.25) is 0 Å². The Bertz CT molecular complexity index is 973. The van der Waals surface area contributed by atoms with Gasteiger partial charge < -0.3 is 10.1 Å². The van der Waals surface area contributed by atoms with Gasteiger partial charge in [-0.15, -0.1) is 0 Å². The van der Waals surface area contributed by atoms with Gasteiger partial charge in [0.15, 0.2) is 5.82 Å². The summed E-state index contributed by atoms with van der Waals surface area (Å²) in [5.41, 5.74) is 2.00. The number of pyridine rings is 1. The Labute approximate surface area is 155 Å². The third-order valence-electron chi connectivity index (χ3n) is 3.79. The van der Waals surface area contributed by atoms with Crippen molar-refractivity contribution < 1.29 is 4.74 Å². The van der Waals surface area contributed by atoms with E-state index in [1.54, 1.807) is 29.6 Å². The summed E-state index contributed by atoms with van der Waals surface area (Å²) in [6, 6.07) is 13.7. The van der Waals surface area contributed by atoms with Crippen molar-refractivity contribution in [3.05, 3.63) is 85.0 Å². The Morgan fingerprint density at radius 1 is 1.00 bits per heavy atom. The number of anilines is 1. The van der Waals surface area contributed by atoms with Gasteiger partial charge >= 0.3 is 0 Å². The summed E-state index contributed by atoms with van der Waals surface area (Å²) in [6.45, 7) is 1.07. The molecule has 0 atom stereocenters. The summed E-state index contributed by atoms with van der Waals surface area (Å²) in [6.07, 6.45) is 8.10. The van der Waals surface area contributed by atoms with Gasteiger partial charge in [0.2, 0.25) is 0 Å². The van der Waals surface area contributed by atoms with E-state index in [4.69, 9.17) is 4.74 Å². The molecule has 0 aliphatic rings. The normalized spacial score (nSPS) is 10.5. The van der Waals surface area contributed by atoms with E-state index in [2.05, 4.69) is 30.4 Å². The highest BCUT2D eigenvalue weighted by atomic mass is 16.5. The molecule has 8 nitrogen and oxygen atoms in total. The molecule has 0 radical (unpaired) electrons. The van der Waals surface area contributed by atoms with Crippen molar-refractivity contribution >= 4 is 5.82 Å². The monoisotopic (exact) mass is 359 g/mol. The van der Waals surface area contributed by atoms with E-state index < -0.39 is 0 Å². The number of nitrogens with zero attached hydrogens (tertiary/aromatic N) is 6. The maximum absolute atomic E-state index is 5.75. The van der Waals surface area contributed by atoms with Crippen LogP contribution in [0.4, 0.5) is 5.82 Å². The van der Waals surface area contributed by atoms with Crippen LogP contribution in [0.1, 0.15) is 11.3 Å². The molecule has 3 aromatic heterocycles.